The first-order chi connectivity index (χ1) is 9.46. The van der Waals surface area contributed by atoms with Gasteiger partial charge in [-0.05, 0) is 37.6 Å². The van der Waals surface area contributed by atoms with Gasteiger partial charge in [-0.3, -0.25) is 4.79 Å². The van der Waals surface area contributed by atoms with Crippen LogP contribution in [0.4, 0.5) is 0 Å². The zero-order valence-electron chi connectivity index (χ0n) is 11.3. The van der Waals surface area contributed by atoms with E-state index in [1.165, 1.54) is 6.26 Å². The minimum Gasteiger partial charge on any atom is -0.459 e. The number of aryl methyl sites for hydroxylation is 1. The predicted octanol–water partition coefficient (Wildman–Crippen LogP) is 2.99. The molecule has 0 aliphatic heterocycles. The predicted molar refractivity (Wildman–Crippen MR) is 79.5 cm³/mol. The van der Waals surface area contributed by atoms with Gasteiger partial charge in [-0.1, -0.05) is 28.1 Å². The highest BCUT2D eigenvalue weighted by Crippen LogP contribution is 2.24. The molecule has 1 atom stereocenters. The van der Waals surface area contributed by atoms with E-state index < -0.39 is 5.54 Å². The van der Waals surface area contributed by atoms with E-state index in [1.54, 1.807) is 19.9 Å². The van der Waals surface area contributed by atoms with Crippen molar-refractivity contribution in [2.45, 2.75) is 19.4 Å². The Kier molecular flexibility index (Phi) is 4.30. The summed E-state index contributed by atoms with van der Waals surface area (Å²) in [5, 5.41) is 12.5. The number of carbonyl (C=O) groups is 1. The molecule has 0 aliphatic carbocycles. The molecule has 5 heteroatoms. The summed E-state index contributed by atoms with van der Waals surface area (Å²) in [4.78, 5) is 12.2. The van der Waals surface area contributed by atoms with Gasteiger partial charge in [0.25, 0.3) is 5.91 Å². The highest BCUT2D eigenvalue weighted by molar-refractivity contribution is 9.10. The molecule has 1 aromatic carbocycles. The second-order valence-electron chi connectivity index (χ2n) is 4.89. The summed E-state index contributed by atoms with van der Waals surface area (Å²) in [6, 6.07) is 9.20. The maximum absolute atomic E-state index is 12.2. The van der Waals surface area contributed by atoms with Crippen molar-refractivity contribution in [3.63, 3.8) is 0 Å². The number of furan rings is 1. The average molecular weight is 338 g/mol. The number of aliphatic hydroxyl groups excluding tert-OH is 1. The molecule has 0 bridgehead atoms. The molecule has 0 fully saturated rings. The molecule has 0 radical (unpaired) electrons. The fourth-order valence-corrected chi connectivity index (χ4v) is 2.35. The van der Waals surface area contributed by atoms with Gasteiger partial charge in [0.05, 0.1) is 18.4 Å². The number of halogens is 1. The third kappa shape index (κ3) is 2.94. The van der Waals surface area contributed by atoms with Crippen LogP contribution in [0.1, 0.15) is 28.6 Å². The first-order valence-electron chi connectivity index (χ1n) is 6.20. The van der Waals surface area contributed by atoms with E-state index in [9.17, 15) is 9.90 Å². The molecule has 4 nitrogen and oxygen atoms in total. The van der Waals surface area contributed by atoms with Crippen LogP contribution in [-0.2, 0) is 5.54 Å². The molecular weight excluding hydrogens is 322 g/mol. The van der Waals surface area contributed by atoms with Crippen molar-refractivity contribution in [1.82, 2.24) is 5.32 Å². The third-order valence-corrected chi connectivity index (χ3v) is 3.73. The van der Waals surface area contributed by atoms with Crippen LogP contribution in [0.5, 0.6) is 0 Å². The first-order valence-corrected chi connectivity index (χ1v) is 6.99. The SMILES string of the molecule is Cc1ccoc1C(=O)NC(C)(CO)c1cccc(Br)c1. The van der Waals surface area contributed by atoms with Crippen LogP contribution in [0.25, 0.3) is 0 Å². The lowest BCUT2D eigenvalue weighted by atomic mass is 9.92. The standard InChI is InChI=1S/C15H16BrNO3/c1-10-6-7-20-13(10)14(19)17-15(2,9-18)11-4-3-5-12(16)8-11/h3-8,18H,9H2,1-2H3,(H,17,19). The Morgan fingerprint density at radius 3 is 2.75 bits per heavy atom. The minimum atomic E-state index is -0.875. The number of aliphatic hydroxyl groups is 1. The lowest BCUT2D eigenvalue weighted by molar-refractivity contribution is 0.0820. The lowest BCUT2D eigenvalue weighted by Crippen LogP contribution is -2.46. The smallest absolute Gasteiger partial charge is 0.288 e. The van der Waals surface area contributed by atoms with Crippen LogP contribution >= 0.6 is 15.9 Å². The maximum atomic E-state index is 12.2. The normalized spacial score (nSPS) is 13.8. The summed E-state index contributed by atoms with van der Waals surface area (Å²) in [7, 11) is 0. The highest BCUT2D eigenvalue weighted by Gasteiger charge is 2.29. The number of carbonyl (C=O) groups excluding carboxylic acids is 1. The summed E-state index contributed by atoms with van der Waals surface area (Å²) in [6.45, 7) is 3.35. The van der Waals surface area contributed by atoms with Crippen molar-refractivity contribution >= 4 is 21.8 Å². The van der Waals surface area contributed by atoms with Crippen molar-refractivity contribution < 1.29 is 14.3 Å². The molecule has 106 valence electrons. The van der Waals surface area contributed by atoms with Crippen molar-refractivity contribution in [3.8, 4) is 0 Å². The summed E-state index contributed by atoms with van der Waals surface area (Å²) in [5.74, 6) is -0.0799. The van der Waals surface area contributed by atoms with Gasteiger partial charge in [0, 0.05) is 10.0 Å². The van der Waals surface area contributed by atoms with Crippen molar-refractivity contribution in [2.24, 2.45) is 0 Å². The van der Waals surface area contributed by atoms with E-state index in [0.717, 1.165) is 15.6 Å². The number of hydrogen-bond acceptors (Lipinski definition) is 3. The number of amides is 1. The number of rotatable bonds is 4. The van der Waals surface area contributed by atoms with Gasteiger partial charge >= 0.3 is 0 Å². The van der Waals surface area contributed by atoms with Gasteiger partial charge in [0.2, 0.25) is 0 Å². The fourth-order valence-electron chi connectivity index (χ4n) is 1.95. The molecule has 1 heterocycles. The van der Waals surface area contributed by atoms with Gasteiger partial charge < -0.3 is 14.8 Å². The minimum absolute atomic E-state index is 0.213. The molecule has 0 saturated carbocycles. The van der Waals surface area contributed by atoms with Crippen molar-refractivity contribution in [3.05, 3.63) is 58.0 Å². The number of hydrogen-bond donors (Lipinski definition) is 2. The zero-order chi connectivity index (χ0) is 14.8. The van der Waals surface area contributed by atoms with E-state index in [4.69, 9.17) is 4.42 Å². The Bertz CT molecular complexity index is 623. The molecule has 1 unspecified atom stereocenters. The van der Waals surface area contributed by atoms with Gasteiger partial charge in [-0.15, -0.1) is 0 Å². The summed E-state index contributed by atoms with van der Waals surface area (Å²) < 4.78 is 6.06. The average Bonchev–Trinajstić information content (AvgIpc) is 2.85. The Morgan fingerprint density at radius 2 is 2.20 bits per heavy atom. The van der Waals surface area contributed by atoms with Crippen molar-refractivity contribution in [1.29, 1.82) is 0 Å². The quantitative estimate of drug-likeness (QED) is 0.901. The van der Waals surface area contributed by atoms with Gasteiger partial charge in [0.1, 0.15) is 0 Å². The highest BCUT2D eigenvalue weighted by atomic mass is 79.9. The van der Waals surface area contributed by atoms with Crippen LogP contribution in [0.15, 0.2) is 45.5 Å². The fraction of sp³-hybridized carbons (Fsp3) is 0.267. The third-order valence-electron chi connectivity index (χ3n) is 3.24. The molecule has 0 spiro atoms. The molecule has 2 N–H and O–H groups in total. The topological polar surface area (TPSA) is 62.5 Å². The largest absolute Gasteiger partial charge is 0.459 e. The van der Waals surface area contributed by atoms with E-state index >= 15 is 0 Å². The molecule has 1 amide bonds. The summed E-state index contributed by atoms with van der Waals surface area (Å²) >= 11 is 3.39. The van der Waals surface area contributed by atoms with Crippen LogP contribution in [-0.4, -0.2) is 17.6 Å². The molecular formula is C15H16BrNO3. The second kappa shape index (κ2) is 5.81. The Balaban J connectivity index is 2.28. The number of nitrogens with one attached hydrogen (secondary N) is 1. The van der Waals surface area contributed by atoms with E-state index in [1.807, 2.05) is 24.3 Å². The summed E-state index contributed by atoms with van der Waals surface area (Å²) in [6.07, 6.45) is 1.47. The van der Waals surface area contributed by atoms with Crippen LogP contribution in [0.2, 0.25) is 0 Å². The summed E-state index contributed by atoms with van der Waals surface area (Å²) in [5.41, 5.74) is 0.698. The van der Waals surface area contributed by atoms with E-state index in [2.05, 4.69) is 21.2 Å². The van der Waals surface area contributed by atoms with Gasteiger partial charge in [-0.25, -0.2) is 0 Å². The second-order valence-corrected chi connectivity index (χ2v) is 5.80. The molecule has 0 saturated heterocycles. The molecule has 2 aromatic rings. The Hall–Kier alpha value is -1.59. The molecule has 2 rings (SSSR count). The Labute approximate surface area is 125 Å². The molecule has 1 aromatic heterocycles. The number of benzene rings is 1. The maximum Gasteiger partial charge on any atom is 0.288 e. The first kappa shape index (κ1) is 14.8. The van der Waals surface area contributed by atoms with Crippen LogP contribution in [0.3, 0.4) is 0 Å². The molecule has 0 aliphatic rings. The van der Waals surface area contributed by atoms with Gasteiger partial charge in [-0.2, -0.15) is 0 Å². The van der Waals surface area contributed by atoms with E-state index in [0.29, 0.717) is 0 Å². The molecule has 20 heavy (non-hydrogen) atoms. The zero-order valence-corrected chi connectivity index (χ0v) is 12.9. The monoisotopic (exact) mass is 337 g/mol. The van der Waals surface area contributed by atoms with Crippen LogP contribution in [0, 0.1) is 6.92 Å². The van der Waals surface area contributed by atoms with Crippen LogP contribution < -0.4 is 5.32 Å². The van der Waals surface area contributed by atoms with Gasteiger partial charge in [0.15, 0.2) is 5.76 Å². The van der Waals surface area contributed by atoms with E-state index in [-0.39, 0.29) is 18.3 Å². The lowest BCUT2D eigenvalue weighted by Gasteiger charge is -2.29. The Morgan fingerprint density at radius 1 is 1.45 bits per heavy atom. The van der Waals surface area contributed by atoms with Crippen molar-refractivity contribution in [2.75, 3.05) is 6.61 Å².